The summed E-state index contributed by atoms with van der Waals surface area (Å²) in [6.45, 7) is 4.26. The van der Waals surface area contributed by atoms with Crippen molar-refractivity contribution in [3.05, 3.63) is 71.7 Å². The van der Waals surface area contributed by atoms with Gasteiger partial charge in [0.25, 0.3) is 5.91 Å². The number of rotatable bonds is 8. The maximum Gasteiger partial charge on any atom is 0.414 e. The molecule has 3 heterocycles. The lowest BCUT2D eigenvalue weighted by atomic mass is 10.00. The highest BCUT2D eigenvalue weighted by atomic mass is 19.1. The molecule has 0 radical (unpaired) electrons. The van der Waals surface area contributed by atoms with E-state index in [2.05, 4.69) is 25.7 Å². The number of nitrogens with zero attached hydrogens (tertiary/aromatic N) is 4. The molecule has 5 aromatic rings. The first kappa shape index (κ1) is 35.4. The quantitative estimate of drug-likeness (QED) is 0.166. The van der Waals surface area contributed by atoms with E-state index in [0.29, 0.717) is 10.9 Å². The summed E-state index contributed by atoms with van der Waals surface area (Å²) in [6, 6.07) is 12.4. The molecule has 2 atom stereocenters. The number of anilines is 2. The molecule has 4 amide bonds. The fraction of sp³-hybridized carbons (Fsp3) is 0.286. The van der Waals surface area contributed by atoms with E-state index in [1.807, 2.05) is 0 Å². The Morgan fingerprint density at radius 2 is 1.81 bits per heavy atom. The van der Waals surface area contributed by atoms with Crippen LogP contribution in [-0.4, -0.2) is 85.9 Å². The Bertz CT molecular complexity index is 2260. The maximum atomic E-state index is 16.2. The first-order valence-electron chi connectivity index (χ1n) is 16.0. The van der Waals surface area contributed by atoms with E-state index in [-0.39, 0.29) is 58.0 Å². The number of hydrogen-bond donors (Lipinski definition) is 4. The number of methoxy groups -OCH3 is 1. The van der Waals surface area contributed by atoms with Crippen LogP contribution in [0.4, 0.5) is 25.2 Å². The predicted molar refractivity (Wildman–Crippen MR) is 185 cm³/mol. The summed E-state index contributed by atoms with van der Waals surface area (Å²) in [5.41, 5.74) is 5.31. The summed E-state index contributed by atoms with van der Waals surface area (Å²) >= 11 is 0. The van der Waals surface area contributed by atoms with Crippen LogP contribution in [0, 0.1) is 5.82 Å². The van der Waals surface area contributed by atoms with Gasteiger partial charge in [0.1, 0.15) is 29.9 Å². The largest absolute Gasteiger partial charge is 0.465 e. The molecule has 52 heavy (non-hydrogen) atoms. The number of carbonyl (C=O) groups excluding carboxylic acids is 5. The van der Waals surface area contributed by atoms with Gasteiger partial charge >= 0.3 is 12.1 Å². The van der Waals surface area contributed by atoms with Gasteiger partial charge in [-0.1, -0.05) is 30.3 Å². The molecule has 270 valence electrons. The van der Waals surface area contributed by atoms with Gasteiger partial charge in [-0.25, -0.2) is 23.4 Å². The van der Waals surface area contributed by atoms with Gasteiger partial charge in [-0.05, 0) is 50.6 Å². The number of esters is 1. The molecule has 1 aliphatic heterocycles. The third-order valence-corrected chi connectivity index (χ3v) is 8.23. The molecule has 0 aliphatic carbocycles. The Morgan fingerprint density at radius 1 is 1.06 bits per heavy atom. The Balaban J connectivity index is 1.25. The van der Waals surface area contributed by atoms with Crippen molar-refractivity contribution in [3.63, 3.8) is 0 Å². The first-order chi connectivity index (χ1) is 24.6. The lowest BCUT2D eigenvalue weighted by Crippen LogP contribution is -2.44. The number of hydrogen-bond acceptors (Lipinski definition) is 9. The SMILES string of the molecule is COC(=O)c1cc(-c2cccc(NC(=O)[C@@H]3C[C@@H](F)CN3C(=O)Cn3nc(C(N)=O)c4ccccc43)c2F)cc2[nH]c(NC(=O)OC(C)(C)C)nc12. The highest BCUT2D eigenvalue weighted by Gasteiger charge is 2.40. The van der Waals surface area contributed by atoms with Crippen molar-refractivity contribution < 1.29 is 42.2 Å². The zero-order chi connectivity index (χ0) is 37.5. The predicted octanol–water partition coefficient (Wildman–Crippen LogP) is 4.53. The van der Waals surface area contributed by atoms with Crippen LogP contribution in [-0.2, 0) is 25.6 Å². The molecule has 6 rings (SSSR count). The van der Waals surface area contributed by atoms with Gasteiger partial charge in [0, 0.05) is 17.4 Å². The molecular formula is C35H34F2N8O7. The molecule has 15 nitrogen and oxygen atoms in total. The van der Waals surface area contributed by atoms with E-state index in [1.54, 1.807) is 45.0 Å². The fourth-order valence-corrected chi connectivity index (χ4v) is 6.02. The van der Waals surface area contributed by atoms with Crippen molar-refractivity contribution >= 4 is 63.4 Å². The molecule has 1 saturated heterocycles. The average Bonchev–Trinajstić information content (AvgIpc) is 3.78. The third-order valence-electron chi connectivity index (χ3n) is 8.23. The number of fused-ring (bicyclic) bond motifs is 2. The topological polar surface area (TPSA) is 204 Å². The van der Waals surface area contributed by atoms with Crippen LogP contribution in [0.3, 0.4) is 0 Å². The molecular weight excluding hydrogens is 682 g/mol. The van der Waals surface area contributed by atoms with Crippen LogP contribution in [0.2, 0.25) is 0 Å². The van der Waals surface area contributed by atoms with Crippen LogP contribution in [0.5, 0.6) is 0 Å². The Kier molecular flexibility index (Phi) is 9.36. The smallest absolute Gasteiger partial charge is 0.414 e. The van der Waals surface area contributed by atoms with Crippen LogP contribution in [0.15, 0.2) is 54.6 Å². The maximum absolute atomic E-state index is 16.2. The first-order valence-corrected chi connectivity index (χ1v) is 16.0. The Labute approximate surface area is 294 Å². The van der Waals surface area contributed by atoms with Crippen LogP contribution in [0.25, 0.3) is 33.1 Å². The molecule has 0 unspecified atom stereocenters. The number of aromatic amines is 1. The van der Waals surface area contributed by atoms with Crippen LogP contribution < -0.4 is 16.4 Å². The summed E-state index contributed by atoms with van der Waals surface area (Å²) in [6.07, 6.45) is -2.65. The van der Waals surface area contributed by atoms with Crippen molar-refractivity contribution in [2.45, 2.75) is 51.6 Å². The van der Waals surface area contributed by atoms with E-state index in [0.717, 1.165) is 4.90 Å². The normalized spacial score (nSPS) is 15.8. The number of aromatic nitrogens is 4. The van der Waals surface area contributed by atoms with E-state index in [1.165, 1.54) is 42.1 Å². The van der Waals surface area contributed by atoms with Crippen molar-refractivity contribution in [2.24, 2.45) is 5.73 Å². The van der Waals surface area contributed by atoms with Gasteiger partial charge in [0.15, 0.2) is 11.5 Å². The number of nitrogens with two attached hydrogens (primary N) is 1. The van der Waals surface area contributed by atoms with Gasteiger partial charge < -0.3 is 30.4 Å². The second kappa shape index (κ2) is 13.7. The number of H-pyrrole nitrogens is 1. The fourth-order valence-electron chi connectivity index (χ4n) is 6.02. The minimum atomic E-state index is -1.53. The van der Waals surface area contributed by atoms with Crippen molar-refractivity contribution in [1.82, 2.24) is 24.6 Å². The molecule has 5 N–H and O–H groups in total. The number of imidazole rings is 1. The van der Waals surface area contributed by atoms with Gasteiger partial charge in [-0.3, -0.25) is 24.4 Å². The molecule has 0 spiro atoms. The summed E-state index contributed by atoms with van der Waals surface area (Å²) in [7, 11) is 1.17. The monoisotopic (exact) mass is 716 g/mol. The number of ether oxygens (including phenoxy) is 2. The number of carbonyl (C=O) groups is 5. The molecule has 0 saturated carbocycles. The number of para-hydroxylation sites is 1. The van der Waals surface area contributed by atoms with Crippen molar-refractivity contribution in [3.8, 4) is 11.1 Å². The van der Waals surface area contributed by atoms with Crippen LogP contribution >= 0.6 is 0 Å². The zero-order valence-corrected chi connectivity index (χ0v) is 28.5. The summed E-state index contributed by atoms with van der Waals surface area (Å²) in [5, 5.41) is 9.54. The third kappa shape index (κ3) is 7.10. The van der Waals surface area contributed by atoms with Crippen LogP contribution in [0.1, 0.15) is 48.0 Å². The van der Waals surface area contributed by atoms with E-state index in [9.17, 15) is 28.4 Å². The van der Waals surface area contributed by atoms with Gasteiger partial charge in [0.2, 0.25) is 17.8 Å². The molecule has 17 heteroatoms. The minimum absolute atomic E-state index is 0.0281. The Hall–Kier alpha value is -6.39. The highest BCUT2D eigenvalue weighted by molar-refractivity contribution is 6.06. The van der Waals surface area contributed by atoms with Crippen molar-refractivity contribution in [1.29, 1.82) is 0 Å². The number of nitrogens with one attached hydrogen (secondary N) is 3. The van der Waals surface area contributed by atoms with Gasteiger partial charge in [0.05, 0.1) is 35.9 Å². The molecule has 1 fully saturated rings. The second-order valence-corrected chi connectivity index (χ2v) is 13.1. The van der Waals surface area contributed by atoms with E-state index < -0.39 is 60.0 Å². The summed E-state index contributed by atoms with van der Waals surface area (Å²) < 4.78 is 42.3. The second-order valence-electron chi connectivity index (χ2n) is 13.1. The number of primary amides is 1. The number of amides is 4. The zero-order valence-electron chi connectivity index (χ0n) is 28.5. The summed E-state index contributed by atoms with van der Waals surface area (Å²) in [5.74, 6) is -3.98. The molecule has 1 aliphatic rings. The van der Waals surface area contributed by atoms with E-state index in [4.69, 9.17) is 15.2 Å². The number of alkyl halides is 1. The number of halogens is 2. The standard InChI is InChI=1S/C35H34F2N8O7/c1-35(2,3)52-34(50)42-33-40-23-13-17(12-21(28(23)41-33)32(49)51-4)19-9-7-10-22(27(19)37)39-31(48)25-14-18(36)15-44(25)26(46)16-45-24-11-6-5-8-20(24)29(43-45)30(38)47/h5-13,18,25H,14-16H2,1-4H3,(H2,38,47)(H,39,48)(H2,40,41,42,50)/t18-,25+/m1/s1. The molecule has 0 bridgehead atoms. The Morgan fingerprint density at radius 3 is 2.52 bits per heavy atom. The number of benzene rings is 3. The lowest BCUT2D eigenvalue weighted by molar-refractivity contribution is -0.137. The minimum Gasteiger partial charge on any atom is -0.465 e. The van der Waals surface area contributed by atoms with Crippen molar-refractivity contribution in [2.75, 3.05) is 24.3 Å². The molecule has 2 aromatic heterocycles. The summed E-state index contributed by atoms with van der Waals surface area (Å²) in [4.78, 5) is 72.2. The highest BCUT2D eigenvalue weighted by Crippen LogP contribution is 2.33. The number of likely N-dealkylation sites (tertiary alicyclic amines) is 1. The van der Waals surface area contributed by atoms with Gasteiger partial charge in [-0.15, -0.1) is 0 Å². The van der Waals surface area contributed by atoms with Gasteiger partial charge in [-0.2, -0.15) is 5.10 Å². The lowest BCUT2D eigenvalue weighted by Gasteiger charge is -2.24. The van der Waals surface area contributed by atoms with E-state index >= 15 is 4.39 Å². The average molecular weight is 717 g/mol. The molecule has 3 aromatic carbocycles.